The average molecular weight is 607 g/mol. The first-order chi connectivity index (χ1) is 14.7. The van der Waals surface area contributed by atoms with Crippen LogP contribution >= 0.6 is 0 Å². The second-order valence-corrected chi connectivity index (χ2v) is 5.07. The first-order valence-electron chi connectivity index (χ1n) is 8.27. The lowest BCUT2D eigenvalue weighted by atomic mass is 10.3. The molecule has 0 amide bonds. The van der Waals surface area contributed by atoms with Gasteiger partial charge in [-0.05, 0) is 10.9 Å². The molecule has 8 nitrogen and oxygen atoms in total. The van der Waals surface area contributed by atoms with Crippen LogP contribution in [0.5, 0.6) is 0 Å². The Morgan fingerprint density at radius 2 is 1.16 bits per heavy atom. The number of aliphatic hydroxyl groups is 3. The van der Waals surface area contributed by atoms with Crippen LogP contribution in [0.1, 0.15) is 57.9 Å². The fraction of sp³-hybridized carbons (Fsp3) is 1.00. The summed E-state index contributed by atoms with van der Waals surface area (Å²) < 4.78 is 129. The maximum absolute atomic E-state index is 12.0. The van der Waals surface area contributed by atoms with Crippen LogP contribution in [0.2, 0.25) is 0 Å². The SMILES string of the molecule is C.C.C.C.C.C.CCC(O)COCF.FCOC(F)(F)OC(F)(F)C(F)(F)OF.OCC(O)COCCF. The predicted molar refractivity (Wildman–Crippen MR) is 124 cm³/mol. The fourth-order valence-corrected chi connectivity index (χ4v) is 0.972. The molecular formula is C20H48F10O8. The van der Waals surface area contributed by atoms with E-state index in [0.29, 0.717) is 6.42 Å². The maximum atomic E-state index is 12.0. The van der Waals surface area contributed by atoms with Gasteiger partial charge in [-0.15, -0.1) is 13.7 Å². The molecule has 0 saturated heterocycles. The van der Waals surface area contributed by atoms with Crippen molar-refractivity contribution in [3.8, 4) is 0 Å². The van der Waals surface area contributed by atoms with E-state index in [-0.39, 0.29) is 71.0 Å². The van der Waals surface area contributed by atoms with Crippen molar-refractivity contribution < 1.29 is 83.2 Å². The molecule has 0 aromatic carbocycles. The van der Waals surface area contributed by atoms with Gasteiger partial charge in [0.1, 0.15) is 12.8 Å². The number of hydrogen-bond donors (Lipinski definition) is 3. The Morgan fingerprint density at radius 3 is 1.47 bits per heavy atom. The highest BCUT2D eigenvalue weighted by Gasteiger charge is 2.66. The second kappa shape index (κ2) is 34.0. The minimum absolute atomic E-state index is 0. The molecular weight excluding hydrogens is 558 g/mol. The summed E-state index contributed by atoms with van der Waals surface area (Å²) in [6.07, 6.45) is -18.1. The zero-order valence-electron chi connectivity index (χ0n) is 16.5. The van der Waals surface area contributed by atoms with E-state index in [1.165, 1.54) is 4.94 Å². The molecule has 0 fully saturated rings. The summed E-state index contributed by atoms with van der Waals surface area (Å²) >= 11 is 0. The quantitative estimate of drug-likeness (QED) is 0.111. The van der Waals surface area contributed by atoms with E-state index < -0.39 is 51.1 Å². The standard InChI is InChI=1S/C5H11FO3.C5H11FO2.C4H2F8O3.6CH4/c6-1-2-9-4-5(8)3-7;1-2-5(7)3-8-4-6;5-1-13-4(10,11)14-2(6,7)3(8,9)15-12;;;;;;/h5,7-8H,1-4H2;5,7H,2-4H2,1H3;1H2;6*1H4. The van der Waals surface area contributed by atoms with E-state index in [9.17, 15) is 44.0 Å². The Morgan fingerprint density at radius 1 is 0.711 bits per heavy atom. The van der Waals surface area contributed by atoms with Crippen molar-refractivity contribution in [3.05, 3.63) is 0 Å². The molecule has 18 heteroatoms. The number of hydrogen-bond acceptors (Lipinski definition) is 8. The summed E-state index contributed by atoms with van der Waals surface area (Å²) in [4.78, 5) is 1.44. The monoisotopic (exact) mass is 606 g/mol. The van der Waals surface area contributed by atoms with Gasteiger partial charge in [0.05, 0.1) is 32.5 Å². The topological polar surface area (TPSA) is 107 Å². The smallest absolute Gasteiger partial charge is 0.394 e. The average Bonchev–Trinajstić information content (AvgIpc) is 2.71. The molecule has 0 aromatic rings. The zero-order chi connectivity index (χ0) is 25.8. The van der Waals surface area contributed by atoms with E-state index in [1.54, 1.807) is 0 Å². The summed E-state index contributed by atoms with van der Waals surface area (Å²) in [6, 6.07) is 0. The van der Waals surface area contributed by atoms with Crippen molar-refractivity contribution in [2.75, 3.05) is 46.8 Å². The highest BCUT2D eigenvalue weighted by molar-refractivity contribution is 4.65. The lowest BCUT2D eigenvalue weighted by Crippen LogP contribution is -2.48. The van der Waals surface area contributed by atoms with Crippen LogP contribution in [0.25, 0.3) is 0 Å². The maximum Gasteiger partial charge on any atom is 0.492 e. The Balaban J connectivity index is -0.0000000463. The minimum Gasteiger partial charge on any atom is -0.394 e. The largest absolute Gasteiger partial charge is 0.492 e. The Kier molecular flexibility index (Phi) is 54.7. The van der Waals surface area contributed by atoms with E-state index in [2.05, 4.69) is 18.9 Å². The molecule has 0 radical (unpaired) electrons. The molecule has 0 aliphatic heterocycles. The van der Waals surface area contributed by atoms with Gasteiger partial charge in [-0.2, -0.15) is 17.6 Å². The Bertz CT molecular complexity index is 429. The van der Waals surface area contributed by atoms with E-state index in [1.807, 2.05) is 6.92 Å². The van der Waals surface area contributed by atoms with Gasteiger partial charge in [0.2, 0.25) is 0 Å². The van der Waals surface area contributed by atoms with Gasteiger partial charge in [0.25, 0.3) is 0 Å². The van der Waals surface area contributed by atoms with Gasteiger partial charge in [-0.3, -0.25) is 4.74 Å². The number of alkyl halides is 9. The molecule has 3 N–H and O–H groups in total. The fourth-order valence-electron chi connectivity index (χ4n) is 0.972. The van der Waals surface area contributed by atoms with E-state index >= 15 is 0 Å². The summed E-state index contributed by atoms with van der Waals surface area (Å²) in [5, 5.41) is 25.5. The molecule has 0 aromatic heterocycles. The highest BCUT2D eigenvalue weighted by Crippen LogP contribution is 2.40. The lowest BCUT2D eigenvalue weighted by Gasteiger charge is -2.25. The molecule has 246 valence electrons. The number of ether oxygens (including phenoxy) is 4. The molecule has 2 unspecified atom stereocenters. The van der Waals surface area contributed by atoms with E-state index in [4.69, 9.17) is 15.3 Å². The third-order valence-corrected chi connectivity index (χ3v) is 2.51. The molecule has 38 heavy (non-hydrogen) atoms. The predicted octanol–water partition coefficient (Wildman–Crippen LogP) is 6.43. The molecule has 0 spiro atoms. The molecule has 0 saturated carbocycles. The van der Waals surface area contributed by atoms with Gasteiger partial charge in [-0.25, -0.2) is 17.9 Å². The summed E-state index contributed by atoms with van der Waals surface area (Å²) in [5.41, 5.74) is 0. The zero-order valence-corrected chi connectivity index (χ0v) is 16.5. The summed E-state index contributed by atoms with van der Waals surface area (Å²) in [7, 11) is 0. The summed E-state index contributed by atoms with van der Waals surface area (Å²) in [5.74, 6) is 0. The van der Waals surface area contributed by atoms with Crippen molar-refractivity contribution in [2.24, 2.45) is 0 Å². The first-order valence-corrected chi connectivity index (χ1v) is 8.27. The van der Waals surface area contributed by atoms with Crippen molar-refractivity contribution in [2.45, 2.75) is 88.6 Å². The van der Waals surface area contributed by atoms with Gasteiger partial charge in [0, 0.05) is 0 Å². The third-order valence-electron chi connectivity index (χ3n) is 2.51. The van der Waals surface area contributed by atoms with Crippen molar-refractivity contribution in [1.82, 2.24) is 0 Å². The molecule has 0 aliphatic rings. The minimum atomic E-state index is -6.04. The van der Waals surface area contributed by atoms with Crippen molar-refractivity contribution in [1.29, 1.82) is 0 Å². The molecule has 2 atom stereocenters. The molecule has 0 heterocycles. The third kappa shape index (κ3) is 35.0. The molecule has 0 aliphatic carbocycles. The first kappa shape index (κ1) is 61.1. The normalized spacial score (nSPS) is 11.8. The Hall–Kier alpha value is -1.02. The van der Waals surface area contributed by atoms with Crippen LogP contribution in [0.4, 0.5) is 44.0 Å². The van der Waals surface area contributed by atoms with Crippen LogP contribution < -0.4 is 0 Å². The molecule has 0 bridgehead atoms. The van der Waals surface area contributed by atoms with Gasteiger partial charge < -0.3 is 24.8 Å². The number of halogens is 10. The second-order valence-electron chi connectivity index (χ2n) is 5.07. The molecule has 0 rings (SSSR count). The van der Waals surface area contributed by atoms with Crippen molar-refractivity contribution >= 4 is 0 Å². The lowest BCUT2D eigenvalue weighted by molar-refractivity contribution is -0.548. The van der Waals surface area contributed by atoms with Crippen LogP contribution in [-0.2, 0) is 23.9 Å². The number of rotatable bonds is 15. The van der Waals surface area contributed by atoms with Crippen molar-refractivity contribution in [3.63, 3.8) is 0 Å². The van der Waals surface area contributed by atoms with Gasteiger partial charge in [0.15, 0.2) is 13.7 Å². The van der Waals surface area contributed by atoms with Crippen LogP contribution in [0, 0.1) is 0 Å². The number of aliphatic hydroxyl groups excluding tert-OH is 3. The van der Waals surface area contributed by atoms with Crippen LogP contribution in [0.3, 0.4) is 0 Å². The van der Waals surface area contributed by atoms with Gasteiger partial charge in [-0.1, -0.05) is 51.5 Å². The van der Waals surface area contributed by atoms with Crippen LogP contribution in [-0.4, -0.2) is 92.9 Å². The Labute approximate surface area is 219 Å². The van der Waals surface area contributed by atoms with Crippen LogP contribution in [0.15, 0.2) is 0 Å². The van der Waals surface area contributed by atoms with Gasteiger partial charge >= 0.3 is 18.5 Å². The highest BCUT2D eigenvalue weighted by atomic mass is 19.4. The van der Waals surface area contributed by atoms with E-state index in [0.717, 1.165) is 0 Å². The summed E-state index contributed by atoms with van der Waals surface area (Å²) in [6.45, 7) is -2.09.